The molecule has 0 unspecified atom stereocenters. The van der Waals surface area contributed by atoms with E-state index in [9.17, 15) is 30.3 Å². The van der Waals surface area contributed by atoms with Crippen LogP contribution in [-0.2, 0) is 9.47 Å². The molecule has 4 saturated carbocycles. The van der Waals surface area contributed by atoms with Crippen LogP contribution in [0.25, 0.3) is 0 Å². The van der Waals surface area contributed by atoms with E-state index in [1.165, 1.54) is 13.0 Å². The lowest BCUT2D eigenvalue weighted by Crippen LogP contribution is -2.75. The zero-order chi connectivity index (χ0) is 25.8. The Kier molecular flexibility index (Phi) is 4.20. The van der Waals surface area contributed by atoms with Crippen molar-refractivity contribution in [1.29, 1.82) is 0 Å². The number of nitrogens with one attached hydrogen (secondary N) is 1. The SMILES string of the molecule is CC(C)[C@@]1(Cl)[C@@H](OC(=O)c2ccc[nH]2)[C@@]2(O)[C@@]3(C)C[C@]4(O)O[C@@]5([C@H](O)[C@@H](C)CC[C@]35O)[C@@]2(O)[C@@]14C. The van der Waals surface area contributed by atoms with Crippen molar-refractivity contribution in [2.45, 2.75) is 99.2 Å². The molecule has 6 fully saturated rings. The maximum Gasteiger partial charge on any atom is 0.355 e. The molecule has 2 aliphatic heterocycles. The number of hydrogen-bond acceptors (Lipinski definition) is 8. The Balaban J connectivity index is 1.69. The number of halogens is 1. The molecule has 1 spiro atoms. The molecular formula is C25H34ClNO8. The van der Waals surface area contributed by atoms with Crippen molar-refractivity contribution in [2.75, 3.05) is 0 Å². The summed E-state index contributed by atoms with van der Waals surface area (Å²) in [7, 11) is 0. The highest BCUT2D eigenvalue weighted by Crippen LogP contribution is 2.91. The third-order valence-electron chi connectivity index (χ3n) is 11.2. The average Bonchev–Trinajstić information content (AvgIpc) is 3.41. The van der Waals surface area contributed by atoms with Gasteiger partial charge in [-0.05, 0) is 43.7 Å². The standard InChI is InChI=1S/C25H34ClNO8/c1-12(2)22(26)17(34-16(29)14-7-6-10-27-14)23(32)18(4)11-21(31)19(22,5)25(23,33)24(35-21)15(28)13(3)8-9-20(18,24)30/h6-7,10,12-13,15,17,27-28,30-33H,8-9,11H2,1-5H3/t13-,15+,17+,18-,19+,20-,21-,22+,23+,24+,25+/m0/s1. The molecule has 194 valence electrons. The second kappa shape index (κ2) is 6.09. The first-order valence-corrected chi connectivity index (χ1v) is 12.7. The number of aromatic amines is 1. The number of aromatic nitrogens is 1. The quantitative estimate of drug-likeness (QED) is 0.260. The first-order chi connectivity index (χ1) is 16.0. The minimum atomic E-state index is -2.47. The Hall–Kier alpha value is -1.20. The predicted octanol–water partition coefficient (Wildman–Crippen LogP) is 1.06. The van der Waals surface area contributed by atoms with Gasteiger partial charge >= 0.3 is 5.97 Å². The monoisotopic (exact) mass is 511 g/mol. The van der Waals surface area contributed by atoms with Crippen LogP contribution in [0.5, 0.6) is 0 Å². The Morgan fingerprint density at radius 3 is 2.49 bits per heavy atom. The second-order valence-corrected chi connectivity index (χ2v) is 13.0. The summed E-state index contributed by atoms with van der Waals surface area (Å²) in [5.41, 5.74) is -12.3. The first-order valence-electron chi connectivity index (χ1n) is 12.3. The molecule has 2 saturated heterocycles. The van der Waals surface area contributed by atoms with Crippen LogP contribution in [0.4, 0.5) is 0 Å². The number of carbonyl (C=O) groups is 1. The van der Waals surface area contributed by atoms with Crippen LogP contribution >= 0.6 is 11.6 Å². The number of alkyl halides is 1. The normalized spacial score (nSPS) is 59.8. The first kappa shape index (κ1) is 24.2. The fourth-order valence-electron chi connectivity index (χ4n) is 9.52. The van der Waals surface area contributed by atoms with Gasteiger partial charge in [0.25, 0.3) is 0 Å². The summed E-state index contributed by atoms with van der Waals surface area (Å²) in [6, 6.07) is 3.13. The van der Waals surface area contributed by atoms with E-state index in [0.717, 1.165) is 0 Å². The van der Waals surface area contributed by atoms with Gasteiger partial charge < -0.3 is 40.0 Å². The number of aliphatic hydroxyl groups is 5. The number of carbonyl (C=O) groups excluding carboxylic acids is 1. The van der Waals surface area contributed by atoms with Gasteiger partial charge in [-0.25, -0.2) is 4.79 Å². The number of aliphatic hydroxyl groups excluding tert-OH is 1. The molecule has 9 nitrogen and oxygen atoms in total. The van der Waals surface area contributed by atoms with Gasteiger partial charge in [-0.2, -0.15) is 0 Å². The minimum absolute atomic E-state index is 0.104. The third-order valence-corrected chi connectivity index (χ3v) is 12.2. The predicted molar refractivity (Wildman–Crippen MR) is 122 cm³/mol. The van der Waals surface area contributed by atoms with Gasteiger partial charge in [0, 0.05) is 18.0 Å². The zero-order valence-electron chi connectivity index (χ0n) is 20.5. The Labute approximate surface area is 208 Å². The highest BCUT2D eigenvalue weighted by atomic mass is 35.5. The minimum Gasteiger partial charge on any atom is -0.453 e. The molecule has 10 heteroatoms. The molecule has 7 rings (SSSR count). The third kappa shape index (κ3) is 1.79. The molecule has 35 heavy (non-hydrogen) atoms. The van der Waals surface area contributed by atoms with Crippen LogP contribution in [0.3, 0.4) is 0 Å². The molecule has 11 atom stereocenters. The van der Waals surface area contributed by atoms with E-state index in [2.05, 4.69) is 4.98 Å². The fourth-order valence-corrected chi connectivity index (χ4v) is 10.0. The van der Waals surface area contributed by atoms with Crippen LogP contribution in [0, 0.1) is 22.7 Å². The van der Waals surface area contributed by atoms with E-state index in [-0.39, 0.29) is 18.5 Å². The molecule has 0 aromatic carbocycles. The lowest BCUT2D eigenvalue weighted by Gasteiger charge is -2.60. The van der Waals surface area contributed by atoms with Gasteiger partial charge in [0.1, 0.15) is 27.4 Å². The van der Waals surface area contributed by atoms with E-state index in [1.807, 2.05) is 0 Å². The van der Waals surface area contributed by atoms with Crippen molar-refractivity contribution in [3.63, 3.8) is 0 Å². The van der Waals surface area contributed by atoms with Crippen molar-refractivity contribution in [1.82, 2.24) is 4.98 Å². The van der Waals surface area contributed by atoms with Crippen molar-refractivity contribution in [3.8, 4) is 0 Å². The molecule has 0 amide bonds. The Morgan fingerprint density at radius 2 is 1.91 bits per heavy atom. The lowest BCUT2D eigenvalue weighted by molar-refractivity contribution is -0.385. The summed E-state index contributed by atoms with van der Waals surface area (Å²) in [4.78, 5) is 14.3. The summed E-state index contributed by atoms with van der Waals surface area (Å²) in [5, 5.41) is 61.8. The molecule has 1 aromatic heterocycles. The summed E-state index contributed by atoms with van der Waals surface area (Å²) in [6.07, 6.45) is -1.20. The second-order valence-electron chi connectivity index (χ2n) is 12.3. The van der Waals surface area contributed by atoms with Crippen LogP contribution in [0.2, 0.25) is 0 Å². The van der Waals surface area contributed by atoms with E-state index >= 15 is 0 Å². The highest BCUT2D eigenvalue weighted by molar-refractivity contribution is 6.26. The molecule has 6 bridgehead atoms. The molecule has 0 radical (unpaired) electrons. The Bertz CT molecular complexity index is 1130. The largest absolute Gasteiger partial charge is 0.453 e. The molecule has 4 aliphatic carbocycles. The molecule has 3 heterocycles. The summed E-state index contributed by atoms with van der Waals surface area (Å²) in [5.74, 6) is -3.90. The van der Waals surface area contributed by atoms with E-state index < -0.39 is 73.9 Å². The van der Waals surface area contributed by atoms with E-state index in [1.54, 1.807) is 40.0 Å². The van der Waals surface area contributed by atoms with Gasteiger partial charge in [-0.3, -0.25) is 0 Å². The summed E-state index contributed by atoms with van der Waals surface area (Å²) in [6.45, 7) is 8.35. The Morgan fingerprint density at radius 1 is 1.26 bits per heavy atom. The summed E-state index contributed by atoms with van der Waals surface area (Å²) >= 11 is 7.41. The van der Waals surface area contributed by atoms with Crippen molar-refractivity contribution < 1.29 is 39.8 Å². The maximum atomic E-state index is 13.2. The van der Waals surface area contributed by atoms with Crippen LogP contribution in [0.1, 0.15) is 64.4 Å². The van der Waals surface area contributed by atoms with Crippen molar-refractivity contribution in [2.24, 2.45) is 22.7 Å². The van der Waals surface area contributed by atoms with E-state index in [4.69, 9.17) is 21.1 Å². The number of H-pyrrole nitrogens is 1. The number of rotatable bonds is 3. The maximum absolute atomic E-state index is 13.2. The zero-order valence-corrected chi connectivity index (χ0v) is 21.3. The van der Waals surface area contributed by atoms with Gasteiger partial charge in [-0.1, -0.05) is 27.7 Å². The van der Waals surface area contributed by atoms with Crippen LogP contribution in [-0.4, -0.2) is 81.8 Å². The van der Waals surface area contributed by atoms with Gasteiger partial charge in [0.15, 0.2) is 17.5 Å². The number of ether oxygens (including phenoxy) is 2. The van der Waals surface area contributed by atoms with Crippen molar-refractivity contribution >= 4 is 17.6 Å². The average molecular weight is 512 g/mol. The van der Waals surface area contributed by atoms with E-state index in [0.29, 0.717) is 6.42 Å². The number of hydrogen-bond donors (Lipinski definition) is 6. The fraction of sp³-hybridized carbons (Fsp3) is 0.800. The summed E-state index contributed by atoms with van der Waals surface area (Å²) < 4.78 is 12.3. The highest BCUT2D eigenvalue weighted by Gasteiger charge is 3.10. The smallest absolute Gasteiger partial charge is 0.355 e. The van der Waals surface area contributed by atoms with Gasteiger partial charge in [0.2, 0.25) is 0 Å². The van der Waals surface area contributed by atoms with Crippen molar-refractivity contribution in [3.05, 3.63) is 24.0 Å². The van der Waals surface area contributed by atoms with Crippen LogP contribution < -0.4 is 0 Å². The lowest BCUT2D eigenvalue weighted by atomic mass is 9.53. The van der Waals surface area contributed by atoms with Gasteiger partial charge in [0.05, 0.1) is 11.5 Å². The van der Waals surface area contributed by atoms with Crippen LogP contribution in [0.15, 0.2) is 18.3 Å². The topological polar surface area (TPSA) is 152 Å². The van der Waals surface area contributed by atoms with Gasteiger partial charge in [-0.15, -0.1) is 11.6 Å². The molecule has 1 aromatic rings. The molecular weight excluding hydrogens is 478 g/mol. The molecule has 6 aliphatic rings. The number of esters is 1. The molecule has 6 N–H and O–H groups in total.